The van der Waals surface area contributed by atoms with Crippen molar-refractivity contribution < 1.29 is 19.1 Å². The van der Waals surface area contributed by atoms with Crippen molar-refractivity contribution in [2.75, 3.05) is 26.9 Å². The molecule has 104 valence electrons. The molecule has 6 heteroatoms. The molecule has 2 atom stereocenters. The average Bonchev–Trinajstić information content (AvgIpc) is 2.36. The van der Waals surface area contributed by atoms with E-state index in [9.17, 15) is 9.59 Å². The van der Waals surface area contributed by atoms with Crippen molar-refractivity contribution in [3.63, 3.8) is 0 Å². The number of hydrogen-bond acceptors (Lipinski definition) is 5. The number of amides is 1. The highest BCUT2D eigenvalue weighted by Crippen LogP contribution is 2.13. The molecule has 6 nitrogen and oxygen atoms in total. The van der Waals surface area contributed by atoms with Crippen LogP contribution in [0.5, 0.6) is 0 Å². The van der Waals surface area contributed by atoms with Crippen LogP contribution in [-0.2, 0) is 19.1 Å². The fourth-order valence-electron chi connectivity index (χ4n) is 1.98. The number of methoxy groups -OCH3 is 1. The molecular formula is C12H22N2O4. The minimum Gasteiger partial charge on any atom is -0.468 e. The number of carbonyl (C=O) groups is 2. The Morgan fingerprint density at radius 2 is 2.06 bits per heavy atom. The predicted molar refractivity (Wildman–Crippen MR) is 66.1 cm³/mol. The summed E-state index contributed by atoms with van der Waals surface area (Å²) in [6.45, 7) is 6.94. The van der Waals surface area contributed by atoms with Gasteiger partial charge in [-0.05, 0) is 20.8 Å². The molecule has 1 aliphatic heterocycles. The van der Waals surface area contributed by atoms with Gasteiger partial charge >= 0.3 is 5.97 Å². The quantitative estimate of drug-likeness (QED) is 0.706. The standard InChI is InChI=1S/C12H22N2O4/c1-8(2)13-11(15)9(3)14-5-6-18-7-10(14)12(16)17-4/h8-10H,5-7H2,1-4H3,(H,13,15). The first-order valence-corrected chi connectivity index (χ1v) is 6.19. The molecule has 0 aromatic heterocycles. The first-order valence-electron chi connectivity index (χ1n) is 6.19. The highest BCUT2D eigenvalue weighted by Gasteiger charge is 2.35. The zero-order valence-electron chi connectivity index (χ0n) is 11.4. The molecule has 1 heterocycles. The second kappa shape index (κ2) is 6.70. The Labute approximate surface area is 108 Å². The van der Waals surface area contributed by atoms with E-state index in [1.807, 2.05) is 18.7 Å². The third-order valence-corrected chi connectivity index (χ3v) is 2.95. The van der Waals surface area contributed by atoms with Gasteiger partial charge in [-0.2, -0.15) is 0 Å². The molecule has 0 bridgehead atoms. The maximum atomic E-state index is 12.0. The molecule has 0 aromatic rings. The van der Waals surface area contributed by atoms with E-state index in [4.69, 9.17) is 9.47 Å². The fourth-order valence-corrected chi connectivity index (χ4v) is 1.98. The maximum Gasteiger partial charge on any atom is 0.325 e. The largest absolute Gasteiger partial charge is 0.468 e. The Kier molecular flexibility index (Phi) is 5.55. The summed E-state index contributed by atoms with van der Waals surface area (Å²) < 4.78 is 10.0. The van der Waals surface area contributed by atoms with Crippen LogP contribution in [0.1, 0.15) is 20.8 Å². The van der Waals surface area contributed by atoms with Crippen molar-refractivity contribution in [1.29, 1.82) is 0 Å². The lowest BCUT2D eigenvalue weighted by Crippen LogP contribution is -2.58. The highest BCUT2D eigenvalue weighted by atomic mass is 16.5. The van der Waals surface area contributed by atoms with Crippen LogP contribution in [0.15, 0.2) is 0 Å². The second-order valence-corrected chi connectivity index (χ2v) is 4.69. The Morgan fingerprint density at radius 3 is 2.61 bits per heavy atom. The van der Waals surface area contributed by atoms with Crippen LogP contribution in [-0.4, -0.2) is 61.8 Å². The van der Waals surface area contributed by atoms with E-state index < -0.39 is 6.04 Å². The predicted octanol–water partition coefficient (Wildman–Crippen LogP) is -0.227. The summed E-state index contributed by atoms with van der Waals surface area (Å²) >= 11 is 0. The van der Waals surface area contributed by atoms with Crippen molar-refractivity contribution >= 4 is 11.9 Å². The summed E-state index contributed by atoms with van der Waals surface area (Å²) in [7, 11) is 1.34. The van der Waals surface area contributed by atoms with E-state index in [1.165, 1.54) is 7.11 Å². The van der Waals surface area contributed by atoms with E-state index >= 15 is 0 Å². The number of nitrogens with one attached hydrogen (secondary N) is 1. The SMILES string of the molecule is COC(=O)C1COCCN1C(C)C(=O)NC(C)C. The minimum atomic E-state index is -0.503. The van der Waals surface area contributed by atoms with E-state index in [-0.39, 0.29) is 30.6 Å². The topological polar surface area (TPSA) is 67.9 Å². The van der Waals surface area contributed by atoms with Crippen molar-refractivity contribution in [2.24, 2.45) is 0 Å². The maximum absolute atomic E-state index is 12.0. The lowest BCUT2D eigenvalue weighted by Gasteiger charge is -2.37. The van der Waals surface area contributed by atoms with Crippen LogP contribution in [0.25, 0.3) is 0 Å². The second-order valence-electron chi connectivity index (χ2n) is 4.69. The van der Waals surface area contributed by atoms with Gasteiger partial charge in [-0.15, -0.1) is 0 Å². The van der Waals surface area contributed by atoms with Gasteiger partial charge in [0.2, 0.25) is 5.91 Å². The van der Waals surface area contributed by atoms with Crippen LogP contribution >= 0.6 is 0 Å². The molecular weight excluding hydrogens is 236 g/mol. The summed E-state index contributed by atoms with van der Waals surface area (Å²) in [4.78, 5) is 25.4. The third kappa shape index (κ3) is 3.68. The van der Waals surface area contributed by atoms with E-state index in [1.54, 1.807) is 6.92 Å². The number of hydrogen-bond donors (Lipinski definition) is 1. The van der Waals surface area contributed by atoms with E-state index in [0.717, 1.165) is 0 Å². The summed E-state index contributed by atoms with van der Waals surface area (Å²) in [5.41, 5.74) is 0. The monoisotopic (exact) mass is 258 g/mol. The average molecular weight is 258 g/mol. The molecule has 0 spiro atoms. The fraction of sp³-hybridized carbons (Fsp3) is 0.833. The van der Waals surface area contributed by atoms with Gasteiger partial charge < -0.3 is 14.8 Å². The third-order valence-electron chi connectivity index (χ3n) is 2.95. The first-order chi connectivity index (χ1) is 8.47. The molecule has 1 N–H and O–H groups in total. The minimum absolute atomic E-state index is 0.0811. The molecule has 1 rings (SSSR count). The molecule has 0 saturated carbocycles. The molecule has 0 radical (unpaired) electrons. The smallest absolute Gasteiger partial charge is 0.325 e. The van der Waals surface area contributed by atoms with Gasteiger partial charge in [0.1, 0.15) is 6.04 Å². The Bertz CT molecular complexity index is 306. The molecule has 1 saturated heterocycles. The van der Waals surface area contributed by atoms with Gasteiger partial charge in [-0.3, -0.25) is 14.5 Å². The zero-order valence-corrected chi connectivity index (χ0v) is 11.4. The van der Waals surface area contributed by atoms with Gasteiger partial charge in [-0.25, -0.2) is 0 Å². The van der Waals surface area contributed by atoms with E-state index in [0.29, 0.717) is 13.2 Å². The highest BCUT2D eigenvalue weighted by molar-refractivity contribution is 5.83. The van der Waals surface area contributed by atoms with Crippen LogP contribution in [0.2, 0.25) is 0 Å². The van der Waals surface area contributed by atoms with Gasteiger partial charge in [0.25, 0.3) is 0 Å². The van der Waals surface area contributed by atoms with E-state index in [2.05, 4.69) is 5.32 Å². The number of nitrogens with zero attached hydrogens (tertiary/aromatic N) is 1. The molecule has 18 heavy (non-hydrogen) atoms. The van der Waals surface area contributed by atoms with Gasteiger partial charge in [0, 0.05) is 12.6 Å². The van der Waals surface area contributed by atoms with Gasteiger partial charge in [-0.1, -0.05) is 0 Å². The summed E-state index contributed by atoms with van der Waals surface area (Å²) in [5.74, 6) is -0.445. The zero-order chi connectivity index (χ0) is 13.7. The lowest BCUT2D eigenvalue weighted by atomic mass is 10.1. The molecule has 1 aliphatic rings. The molecule has 0 aliphatic carbocycles. The number of esters is 1. The molecule has 2 unspecified atom stereocenters. The molecule has 0 aromatic carbocycles. The first kappa shape index (κ1) is 14.9. The number of rotatable bonds is 4. The Morgan fingerprint density at radius 1 is 1.39 bits per heavy atom. The van der Waals surface area contributed by atoms with Crippen LogP contribution < -0.4 is 5.32 Å². The molecule has 1 fully saturated rings. The summed E-state index contributed by atoms with van der Waals surface area (Å²) in [6.07, 6.45) is 0. The van der Waals surface area contributed by atoms with Gasteiger partial charge in [0.15, 0.2) is 0 Å². The van der Waals surface area contributed by atoms with Crippen molar-refractivity contribution in [1.82, 2.24) is 10.2 Å². The number of carbonyl (C=O) groups excluding carboxylic acids is 2. The normalized spacial score (nSPS) is 22.6. The number of morpholine rings is 1. The van der Waals surface area contributed by atoms with Crippen LogP contribution in [0.3, 0.4) is 0 Å². The van der Waals surface area contributed by atoms with Crippen LogP contribution in [0.4, 0.5) is 0 Å². The van der Waals surface area contributed by atoms with Crippen molar-refractivity contribution in [3.05, 3.63) is 0 Å². The van der Waals surface area contributed by atoms with Gasteiger partial charge in [0.05, 0.1) is 26.4 Å². The summed E-state index contributed by atoms with van der Waals surface area (Å²) in [5, 5.41) is 2.84. The summed E-state index contributed by atoms with van der Waals surface area (Å²) in [6, 6.07) is -0.797. The Balaban J connectivity index is 2.70. The van der Waals surface area contributed by atoms with Crippen molar-refractivity contribution in [2.45, 2.75) is 38.9 Å². The lowest BCUT2D eigenvalue weighted by molar-refractivity contribution is -0.156. The van der Waals surface area contributed by atoms with Crippen molar-refractivity contribution in [3.8, 4) is 0 Å². The Hall–Kier alpha value is -1.14. The van der Waals surface area contributed by atoms with Crippen LogP contribution in [0, 0.1) is 0 Å². The molecule has 1 amide bonds. The number of ether oxygens (including phenoxy) is 2.